The number of para-hydroxylation sites is 2. The highest BCUT2D eigenvalue weighted by Crippen LogP contribution is 2.48. The molecule has 6 atom stereocenters. The zero-order chi connectivity index (χ0) is 68.7. The Kier molecular flexibility index (Phi) is 31.7. The highest BCUT2D eigenvalue weighted by atomic mass is 16.7. The number of benzene rings is 3. The zero-order valence-corrected chi connectivity index (χ0v) is 56.5. The van der Waals surface area contributed by atoms with Crippen LogP contribution in [-0.2, 0) is 80.9 Å². The molecule has 0 unspecified atom stereocenters. The monoisotopic (exact) mass is 1340 g/mol. The Balaban J connectivity index is 0.811. The van der Waals surface area contributed by atoms with Crippen LogP contribution in [0.5, 0.6) is 0 Å². The predicted octanol–water partition coefficient (Wildman–Crippen LogP) is 5.02. The van der Waals surface area contributed by atoms with Gasteiger partial charge in [-0.2, -0.15) is 4.58 Å². The van der Waals surface area contributed by atoms with Crippen molar-refractivity contribution in [3.8, 4) is 0 Å². The fraction of sp³-hybridized carbons (Fsp3) is 0.563. The molecule has 25 nitrogen and oxygen atoms in total. The normalized spacial score (nSPS) is 19.4. The van der Waals surface area contributed by atoms with Crippen LogP contribution >= 0.6 is 0 Å². The van der Waals surface area contributed by atoms with Gasteiger partial charge in [0.2, 0.25) is 29.3 Å². The first kappa shape index (κ1) is 76.3. The van der Waals surface area contributed by atoms with E-state index < -0.39 is 43.4 Å². The molecule has 3 aliphatic heterocycles. The first-order valence-electron chi connectivity index (χ1n) is 33.5. The van der Waals surface area contributed by atoms with Crippen LogP contribution in [0.2, 0.25) is 0 Å². The molecule has 1 saturated heterocycles. The van der Waals surface area contributed by atoms with Crippen LogP contribution in [-0.4, -0.2) is 219 Å². The van der Waals surface area contributed by atoms with E-state index in [1.165, 1.54) is 44.7 Å². The highest BCUT2D eigenvalue weighted by Gasteiger charge is 2.45. The molecular weight excluding hydrogens is 1230 g/mol. The molecule has 526 valence electrons. The lowest BCUT2D eigenvalue weighted by atomic mass is 9.81. The van der Waals surface area contributed by atoms with Gasteiger partial charge in [-0.25, -0.2) is 4.68 Å². The molecule has 3 aromatic carbocycles. The van der Waals surface area contributed by atoms with Crippen molar-refractivity contribution in [2.24, 2.45) is 0 Å². The maximum Gasteiger partial charge on any atom is 0.249 e. The Morgan fingerprint density at radius 1 is 0.688 bits per heavy atom. The average molecular weight is 1340 g/mol. The van der Waals surface area contributed by atoms with Gasteiger partial charge in [-0.05, 0) is 93.9 Å². The summed E-state index contributed by atoms with van der Waals surface area (Å²) in [6.45, 7) is 18.4. The molecule has 7 rings (SSSR count). The number of carbonyl (C=O) groups is 4. The van der Waals surface area contributed by atoms with E-state index in [0.717, 1.165) is 24.9 Å². The molecule has 8 N–H and O–H groups in total. The van der Waals surface area contributed by atoms with Gasteiger partial charge in [-0.15, -0.1) is 5.10 Å². The van der Waals surface area contributed by atoms with Crippen molar-refractivity contribution < 1.29 is 82.1 Å². The minimum atomic E-state index is -1.55. The Bertz CT molecular complexity index is 3170. The van der Waals surface area contributed by atoms with Gasteiger partial charge in [0.25, 0.3) is 0 Å². The maximum atomic E-state index is 14.1. The number of carbonyl (C=O) groups excluding carboxylic acids is 4. The Morgan fingerprint density at radius 2 is 1.32 bits per heavy atom. The lowest BCUT2D eigenvalue weighted by Crippen LogP contribution is -2.59. The van der Waals surface area contributed by atoms with Crippen molar-refractivity contribution in [1.29, 1.82) is 0 Å². The number of amides is 4. The number of allylic oxidation sites excluding steroid dienone is 4. The van der Waals surface area contributed by atoms with Crippen molar-refractivity contribution in [3.63, 3.8) is 0 Å². The molecule has 0 radical (unpaired) electrons. The summed E-state index contributed by atoms with van der Waals surface area (Å²) in [5, 5.41) is 60.3. The van der Waals surface area contributed by atoms with Gasteiger partial charge in [0.15, 0.2) is 12.0 Å². The zero-order valence-electron chi connectivity index (χ0n) is 56.5. The molecular formula is C71H102N9O16+. The Hall–Kier alpha value is -7.11. The van der Waals surface area contributed by atoms with Gasteiger partial charge in [-0.3, -0.25) is 19.2 Å². The summed E-state index contributed by atoms with van der Waals surface area (Å²) in [5.41, 5.74) is 9.06. The van der Waals surface area contributed by atoms with Crippen LogP contribution in [0, 0.1) is 0 Å². The molecule has 4 aromatic rings. The molecule has 1 aromatic heterocycles. The van der Waals surface area contributed by atoms with Gasteiger partial charge in [0, 0.05) is 72.7 Å². The third-order valence-corrected chi connectivity index (χ3v) is 17.2. The smallest absolute Gasteiger partial charge is 0.249 e. The number of fused-ring (bicyclic) bond motifs is 2. The van der Waals surface area contributed by atoms with E-state index in [1.807, 2.05) is 12.1 Å². The van der Waals surface area contributed by atoms with Crippen molar-refractivity contribution >= 4 is 46.4 Å². The summed E-state index contributed by atoms with van der Waals surface area (Å²) >= 11 is 0. The number of unbranched alkanes of at least 4 members (excludes halogenated alkanes) is 3. The molecule has 0 aliphatic carbocycles. The van der Waals surface area contributed by atoms with Crippen LogP contribution in [0.4, 0.5) is 17.1 Å². The summed E-state index contributed by atoms with van der Waals surface area (Å²) in [7, 11) is 2.14. The van der Waals surface area contributed by atoms with Gasteiger partial charge in [-0.1, -0.05) is 86.7 Å². The van der Waals surface area contributed by atoms with Crippen LogP contribution in [0.3, 0.4) is 0 Å². The standard InChI is InChI=1S/C71H101N9O16/c1-7-62(82)73-33-37-90-39-41-92-43-45-94-47-46-93-44-42-91-40-38-89-35-31-64(84)72-32-15-14-22-58(68(88)75-52-28-26-51(27-29-52)30-36-95-69-67(87)66(86)65(85)59(50-81)96-69)80-49-53(76-77-80)48-74-63(83)25-9-8-16-34-79-57-21-13-11-19-55(57)71(4,5)61(79)24-17-23-60-70(2,3)54-18-10-12-20-56(54)78(60)6/h7,10-13,17-21,23-24,26-29,49,58-59,65-67,69,81,85-87H,1,8-9,14-16,22,25,30-48,50H2,2-6H3,(H3-,72,73,74,75,82,83,84,88)/p+1/t58-,59+,65+,66-,67+,69+/m0/s1. The number of hydrogen-bond donors (Lipinski definition) is 8. The van der Waals surface area contributed by atoms with Crippen LogP contribution < -0.4 is 26.2 Å². The fourth-order valence-corrected chi connectivity index (χ4v) is 11.8. The number of ether oxygens (including phenoxy) is 8. The van der Waals surface area contributed by atoms with Crippen molar-refractivity contribution in [2.75, 3.05) is 129 Å². The van der Waals surface area contributed by atoms with E-state index in [-0.39, 0.29) is 60.6 Å². The van der Waals surface area contributed by atoms with Gasteiger partial charge >= 0.3 is 0 Å². The minimum absolute atomic E-state index is 0.0892. The summed E-state index contributed by atoms with van der Waals surface area (Å²) in [4.78, 5) is 53.6. The third kappa shape index (κ3) is 23.0. The topological polar surface area (TPSA) is 308 Å². The molecule has 0 bridgehead atoms. The number of anilines is 2. The Morgan fingerprint density at radius 3 is 1.99 bits per heavy atom. The second kappa shape index (κ2) is 39.9. The number of aromatic nitrogens is 3. The van der Waals surface area contributed by atoms with Crippen LogP contribution in [0.1, 0.15) is 107 Å². The molecule has 4 amide bonds. The molecule has 25 heteroatoms. The minimum Gasteiger partial charge on any atom is -0.394 e. The molecule has 3 aliphatic rings. The van der Waals surface area contributed by atoms with Crippen LogP contribution in [0.25, 0.3) is 0 Å². The number of aliphatic hydroxyl groups excluding tert-OH is 4. The quantitative estimate of drug-likeness (QED) is 0.0164. The van der Waals surface area contributed by atoms with E-state index in [2.05, 4.69) is 149 Å². The second-order valence-corrected chi connectivity index (χ2v) is 24.9. The number of nitrogens with zero attached hydrogens (tertiary/aromatic N) is 5. The van der Waals surface area contributed by atoms with E-state index in [0.29, 0.717) is 136 Å². The summed E-state index contributed by atoms with van der Waals surface area (Å²) in [6.07, 6.45) is 7.55. The summed E-state index contributed by atoms with van der Waals surface area (Å²) in [6, 6.07) is 23.5. The lowest BCUT2D eigenvalue weighted by molar-refractivity contribution is -0.401. The molecule has 4 heterocycles. The van der Waals surface area contributed by atoms with Gasteiger partial charge < -0.3 is 84.5 Å². The lowest BCUT2D eigenvalue weighted by Gasteiger charge is -2.39. The SMILES string of the molecule is C=CC(=O)NCCOCCOCCOCCOCCOCCOCCC(=O)NCCCC[C@@H](C(=O)Nc1ccc(CCO[C@@H]2O[C@H](CO)[C@@H](O)[C@H](O)[C@H]2O)cc1)n1cc(CNC(=O)CCCCCN2/C(=C/C=C/C3=[N+](C)c4ccccc4C3(C)C)C(C)(C)c3ccccc32)nn1. The first-order chi connectivity index (χ1) is 46.4. The largest absolute Gasteiger partial charge is 0.394 e. The van der Waals surface area contributed by atoms with E-state index in [1.54, 1.807) is 18.3 Å². The van der Waals surface area contributed by atoms with E-state index in [4.69, 9.17) is 37.9 Å². The highest BCUT2D eigenvalue weighted by molar-refractivity contribution is 6.03. The third-order valence-electron chi connectivity index (χ3n) is 17.2. The van der Waals surface area contributed by atoms with Crippen molar-refractivity contribution in [1.82, 2.24) is 30.9 Å². The molecule has 1 fully saturated rings. The number of aliphatic hydroxyl groups is 4. The van der Waals surface area contributed by atoms with Crippen molar-refractivity contribution in [3.05, 3.63) is 138 Å². The number of rotatable bonds is 45. The average Bonchev–Trinajstić information content (AvgIpc) is 1.60. The van der Waals surface area contributed by atoms with E-state index >= 15 is 0 Å². The maximum absolute atomic E-state index is 14.1. The summed E-state index contributed by atoms with van der Waals surface area (Å²) < 4.78 is 47.9. The first-order valence-corrected chi connectivity index (χ1v) is 33.5. The molecule has 0 saturated carbocycles. The summed E-state index contributed by atoms with van der Waals surface area (Å²) in [5.74, 6) is -0.848. The fourth-order valence-electron chi connectivity index (χ4n) is 11.8. The van der Waals surface area contributed by atoms with E-state index in [9.17, 15) is 39.6 Å². The Labute approximate surface area is 564 Å². The number of hydrogen-bond acceptors (Lipinski definition) is 19. The molecule has 0 spiro atoms. The second-order valence-electron chi connectivity index (χ2n) is 24.9. The molecule has 96 heavy (non-hydrogen) atoms. The van der Waals surface area contributed by atoms with Crippen LogP contribution in [0.15, 0.2) is 116 Å². The number of nitrogens with one attached hydrogen (secondary N) is 4. The predicted molar refractivity (Wildman–Crippen MR) is 362 cm³/mol. The van der Waals surface area contributed by atoms with Crippen molar-refractivity contribution in [2.45, 2.75) is 140 Å². The van der Waals surface area contributed by atoms with Gasteiger partial charge in [0.1, 0.15) is 43.2 Å². The van der Waals surface area contributed by atoms with Gasteiger partial charge in [0.05, 0.1) is 111 Å².